The summed E-state index contributed by atoms with van der Waals surface area (Å²) in [5.41, 5.74) is -0.509. The largest absolute Gasteiger partial charge is 0.493 e. The zero-order valence-corrected chi connectivity index (χ0v) is 14.5. The van der Waals surface area contributed by atoms with Crippen molar-refractivity contribution in [2.24, 2.45) is 0 Å². The van der Waals surface area contributed by atoms with Crippen LogP contribution < -0.4 is 4.74 Å². The molecule has 0 bridgehead atoms. The Balaban J connectivity index is 2.50. The van der Waals surface area contributed by atoms with Gasteiger partial charge in [0.05, 0.1) is 36.7 Å². The third kappa shape index (κ3) is 7.38. The molecule has 0 N–H and O–H groups in total. The zero-order chi connectivity index (χ0) is 18.2. The van der Waals surface area contributed by atoms with Crippen LogP contribution in [-0.2, 0) is 14.4 Å². The molecule has 8 heteroatoms. The molecule has 0 radical (unpaired) electrons. The second-order valence-corrected chi connectivity index (χ2v) is 6.04. The summed E-state index contributed by atoms with van der Waals surface area (Å²) in [6, 6.07) is 5.70. The summed E-state index contributed by atoms with van der Waals surface area (Å²) in [7, 11) is 1.55. The number of rotatable bonds is 9. The predicted molar refractivity (Wildman–Crippen MR) is 87.6 cm³/mol. The average molecular weight is 340 g/mol. The molecule has 0 fully saturated rings. The first-order chi connectivity index (χ1) is 11.2. The summed E-state index contributed by atoms with van der Waals surface area (Å²) in [6.07, 6.45) is 0.122. The summed E-state index contributed by atoms with van der Waals surface area (Å²) in [6.45, 7) is 6.40. The maximum absolute atomic E-state index is 12.2. The number of amides is 1. The van der Waals surface area contributed by atoms with Gasteiger partial charge in [0, 0.05) is 19.2 Å². The molecule has 1 amide bonds. The number of ether oxygens (including phenoxy) is 2. The van der Waals surface area contributed by atoms with Crippen molar-refractivity contribution in [1.82, 2.24) is 5.06 Å². The first-order valence-corrected chi connectivity index (χ1v) is 7.58. The van der Waals surface area contributed by atoms with Gasteiger partial charge in [0.1, 0.15) is 5.75 Å². The lowest BCUT2D eigenvalue weighted by Crippen LogP contribution is -2.40. The van der Waals surface area contributed by atoms with Crippen LogP contribution in [0.1, 0.15) is 27.2 Å². The second-order valence-electron chi connectivity index (χ2n) is 6.04. The SMILES string of the molecule is COCCN(OC(C)(C)C)C(=O)CCOc1ccc([N+](=O)[O-])cc1. The number of hydrogen-bond acceptors (Lipinski definition) is 6. The van der Waals surface area contributed by atoms with E-state index in [-0.39, 0.29) is 24.6 Å². The van der Waals surface area contributed by atoms with Crippen LogP contribution in [0.15, 0.2) is 24.3 Å². The Hall–Kier alpha value is -2.19. The molecule has 1 aromatic rings. The average Bonchev–Trinajstić information content (AvgIpc) is 2.50. The smallest absolute Gasteiger partial charge is 0.269 e. The Kier molecular flexibility index (Phi) is 7.60. The third-order valence-electron chi connectivity index (χ3n) is 2.79. The van der Waals surface area contributed by atoms with Crippen molar-refractivity contribution >= 4 is 11.6 Å². The van der Waals surface area contributed by atoms with E-state index in [9.17, 15) is 14.9 Å². The monoisotopic (exact) mass is 340 g/mol. The Morgan fingerprint density at radius 2 is 1.83 bits per heavy atom. The van der Waals surface area contributed by atoms with Gasteiger partial charge in [-0.25, -0.2) is 5.06 Å². The third-order valence-corrected chi connectivity index (χ3v) is 2.79. The lowest BCUT2D eigenvalue weighted by atomic mass is 10.2. The van der Waals surface area contributed by atoms with E-state index < -0.39 is 10.5 Å². The van der Waals surface area contributed by atoms with Crippen molar-refractivity contribution in [3.63, 3.8) is 0 Å². The Labute approximate surface area is 141 Å². The van der Waals surface area contributed by atoms with Gasteiger partial charge in [-0.15, -0.1) is 0 Å². The van der Waals surface area contributed by atoms with Crippen LogP contribution in [0, 0.1) is 10.1 Å². The minimum atomic E-state index is -0.497. The lowest BCUT2D eigenvalue weighted by Gasteiger charge is -2.29. The topological polar surface area (TPSA) is 91.1 Å². The molecule has 0 aromatic heterocycles. The van der Waals surface area contributed by atoms with Crippen LogP contribution in [0.3, 0.4) is 0 Å². The van der Waals surface area contributed by atoms with Crippen LogP contribution in [0.2, 0.25) is 0 Å². The minimum Gasteiger partial charge on any atom is -0.493 e. The van der Waals surface area contributed by atoms with Gasteiger partial charge in [0.2, 0.25) is 5.91 Å². The number of methoxy groups -OCH3 is 1. The summed E-state index contributed by atoms with van der Waals surface area (Å²) in [4.78, 5) is 28.0. The number of carbonyl (C=O) groups excluding carboxylic acids is 1. The normalized spacial score (nSPS) is 11.2. The minimum absolute atomic E-state index is 0.0113. The molecular weight excluding hydrogens is 316 g/mol. The molecule has 1 aromatic carbocycles. The van der Waals surface area contributed by atoms with Crippen LogP contribution in [-0.4, -0.2) is 48.4 Å². The van der Waals surface area contributed by atoms with Crippen molar-refractivity contribution in [2.75, 3.05) is 26.9 Å². The Morgan fingerprint density at radius 3 is 2.33 bits per heavy atom. The number of nitro groups is 1. The molecule has 0 atom stereocenters. The molecule has 1 rings (SSSR count). The van der Waals surface area contributed by atoms with Gasteiger partial charge >= 0.3 is 0 Å². The highest BCUT2D eigenvalue weighted by Crippen LogP contribution is 2.17. The van der Waals surface area contributed by atoms with Crippen molar-refractivity contribution in [1.29, 1.82) is 0 Å². The number of hydroxylamine groups is 2. The molecule has 0 spiro atoms. The van der Waals surface area contributed by atoms with Crippen molar-refractivity contribution in [3.8, 4) is 5.75 Å². The highest BCUT2D eigenvalue weighted by atomic mass is 16.7. The van der Waals surface area contributed by atoms with Crippen LogP contribution in [0.25, 0.3) is 0 Å². The van der Waals surface area contributed by atoms with Crippen LogP contribution in [0.4, 0.5) is 5.69 Å². The van der Waals surface area contributed by atoms with Crippen molar-refractivity contribution < 1.29 is 24.0 Å². The van der Waals surface area contributed by atoms with Gasteiger partial charge in [-0.3, -0.25) is 19.7 Å². The van der Waals surface area contributed by atoms with E-state index in [1.807, 2.05) is 20.8 Å². The molecule has 0 saturated carbocycles. The Bertz CT molecular complexity index is 538. The maximum Gasteiger partial charge on any atom is 0.269 e. The van der Waals surface area contributed by atoms with E-state index in [2.05, 4.69) is 0 Å². The van der Waals surface area contributed by atoms with Crippen molar-refractivity contribution in [2.45, 2.75) is 32.8 Å². The highest BCUT2D eigenvalue weighted by Gasteiger charge is 2.21. The molecule has 134 valence electrons. The quantitative estimate of drug-likeness (QED) is 0.507. The van der Waals surface area contributed by atoms with Gasteiger partial charge < -0.3 is 9.47 Å². The predicted octanol–water partition coefficient (Wildman–Crippen LogP) is 2.57. The molecule has 0 aliphatic rings. The van der Waals surface area contributed by atoms with Gasteiger partial charge in [0.15, 0.2) is 0 Å². The fourth-order valence-corrected chi connectivity index (χ4v) is 1.77. The standard InChI is InChI=1S/C16H24N2O6/c1-16(2,3)24-17(10-12-22-4)15(19)9-11-23-14-7-5-13(6-8-14)18(20)21/h5-8H,9-12H2,1-4H3. The lowest BCUT2D eigenvalue weighted by molar-refractivity contribution is -0.384. The molecule has 8 nitrogen and oxygen atoms in total. The number of benzene rings is 1. The van der Waals surface area contributed by atoms with Crippen LogP contribution >= 0.6 is 0 Å². The van der Waals surface area contributed by atoms with E-state index in [0.29, 0.717) is 18.9 Å². The van der Waals surface area contributed by atoms with E-state index in [0.717, 1.165) is 0 Å². The molecule has 0 heterocycles. The Morgan fingerprint density at radius 1 is 1.21 bits per heavy atom. The zero-order valence-electron chi connectivity index (χ0n) is 14.5. The number of nitrogens with zero attached hydrogens (tertiary/aromatic N) is 2. The van der Waals surface area contributed by atoms with Crippen LogP contribution in [0.5, 0.6) is 5.75 Å². The number of hydrogen-bond donors (Lipinski definition) is 0. The fraction of sp³-hybridized carbons (Fsp3) is 0.562. The van der Waals surface area contributed by atoms with Gasteiger partial charge in [-0.05, 0) is 32.9 Å². The molecule has 0 aliphatic carbocycles. The number of nitro benzene ring substituents is 1. The summed E-state index contributed by atoms with van der Waals surface area (Å²) < 4.78 is 10.4. The summed E-state index contributed by atoms with van der Waals surface area (Å²) in [5.74, 6) is 0.248. The molecule has 0 saturated heterocycles. The van der Waals surface area contributed by atoms with Crippen molar-refractivity contribution in [3.05, 3.63) is 34.4 Å². The molecular formula is C16H24N2O6. The maximum atomic E-state index is 12.2. The number of carbonyl (C=O) groups is 1. The van der Waals surface area contributed by atoms with Gasteiger partial charge in [-0.2, -0.15) is 0 Å². The fourth-order valence-electron chi connectivity index (χ4n) is 1.77. The first kappa shape index (κ1) is 19.9. The van der Waals surface area contributed by atoms with Gasteiger partial charge in [0.25, 0.3) is 5.69 Å². The van der Waals surface area contributed by atoms with Gasteiger partial charge in [-0.1, -0.05) is 0 Å². The van der Waals surface area contributed by atoms with E-state index in [4.69, 9.17) is 14.3 Å². The molecule has 0 aliphatic heterocycles. The highest BCUT2D eigenvalue weighted by molar-refractivity contribution is 5.75. The summed E-state index contributed by atoms with van der Waals surface area (Å²) in [5, 5.41) is 11.9. The number of non-ortho nitro benzene ring substituents is 1. The van der Waals surface area contributed by atoms with E-state index in [1.165, 1.54) is 29.3 Å². The van der Waals surface area contributed by atoms with E-state index >= 15 is 0 Å². The van der Waals surface area contributed by atoms with E-state index in [1.54, 1.807) is 7.11 Å². The summed E-state index contributed by atoms with van der Waals surface area (Å²) >= 11 is 0. The molecule has 0 unspecified atom stereocenters. The second kappa shape index (κ2) is 9.19. The first-order valence-electron chi connectivity index (χ1n) is 7.58. The molecule has 24 heavy (non-hydrogen) atoms.